The molecule has 0 rings (SSSR count). The van der Waals surface area contributed by atoms with Crippen molar-refractivity contribution in [3.8, 4) is 0 Å². The molecule has 0 aliphatic heterocycles. The van der Waals surface area contributed by atoms with Gasteiger partial charge < -0.3 is 4.90 Å². The summed E-state index contributed by atoms with van der Waals surface area (Å²) >= 11 is 0. The van der Waals surface area contributed by atoms with Gasteiger partial charge in [0.05, 0.1) is 0 Å². The lowest BCUT2D eigenvalue weighted by atomic mass is 10.1. The molecule has 0 aromatic carbocycles. The Labute approximate surface area is 64.7 Å². The van der Waals surface area contributed by atoms with Crippen molar-refractivity contribution in [2.75, 3.05) is 20.6 Å². The van der Waals surface area contributed by atoms with Crippen LogP contribution in [0.5, 0.6) is 0 Å². The normalized spacial score (nSPS) is 13.3. The standard InChI is InChI=1S/C9H19N/c1-8(2)6-9(3)7-10(4)5/h6,8H,7H2,1-5H3. The summed E-state index contributed by atoms with van der Waals surface area (Å²) in [6.07, 6.45) is 2.31. The van der Waals surface area contributed by atoms with Crippen LogP contribution in [0.4, 0.5) is 0 Å². The average molecular weight is 141 g/mol. The van der Waals surface area contributed by atoms with Gasteiger partial charge in [-0.2, -0.15) is 0 Å². The van der Waals surface area contributed by atoms with Crippen LogP contribution in [0.3, 0.4) is 0 Å². The van der Waals surface area contributed by atoms with Crippen molar-refractivity contribution in [1.82, 2.24) is 4.90 Å². The Morgan fingerprint density at radius 3 is 2.20 bits per heavy atom. The second-order valence-electron chi connectivity index (χ2n) is 3.49. The molecule has 0 aliphatic carbocycles. The van der Waals surface area contributed by atoms with Crippen LogP contribution in [0, 0.1) is 5.92 Å². The van der Waals surface area contributed by atoms with E-state index in [1.807, 2.05) is 0 Å². The summed E-state index contributed by atoms with van der Waals surface area (Å²) in [7, 11) is 4.19. The van der Waals surface area contributed by atoms with Gasteiger partial charge in [0.1, 0.15) is 0 Å². The van der Waals surface area contributed by atoms with Gasteiger partial charge in [-0.05, 0) is 26.9 Å². The molecular formula is C9H19N. The highest BCUT2D eigenvalue weighted by molar-refractivity contribution is 5.01. The van der Waals surface area contributed by atoms with Gasteiger partial charge in [-0.15, -0.1) is 0 Å². The third-order valence-corrected chi connectivity index (χ3v) is 1.18. The predicted molar refractivity (Wildman–Crippen MR) is 47.1 cm³/mol. The van der Waals surface area contributed by atoms with Crippen LogP contribution in [0.1, 0.15) is 20.8 Å². The third kappa shape index (κ3) is 5.83. The minimum absolute atomic E-state index is 0.681. The van der Waals surface area contributed by atoms with Gasteiger partial charge in [0.25, 0.3) is 0 Å². The van der Waals surface area contributed by atoms with Gasteiger partial charge in [-0.25, -0.2) is 0 Å². The van der Waals surface area contributed by atoms with Crippen molar-refractivity contribution in [2.45, 2.75) is 20.8 Å². The lowest BCUT2D eigenvalue weighted by Gasteiger charge is -2.10. The maximum absolute atomic E-state index is 2.31. The first kappa shape index (κ1) is 9.70. The highest BCUT2D eigenvalue weighted by Gasteiger charge is 1.93. The highest BCUT2D eigenvalue weighted by Crippen LogP contribution is 2.01. The number of hydrogen-bond acceptors (Lipinski definition) is 1. The Morgan fingerprint density at radius 1 is 1.40 bits per heavy atom. The zero-order valence-corrected chi connectivity index (χ0v) is 7.81. The van der Waals surface area contributed by atoms with E-state index in [4.69, 9.17) is 0 Å². The van der Waals surface area contributed by atoms with Crippen molar-refractivity contribution < 1.29 is 0 Å². The molecule has 0 amide bonds. The summed E-state index contributed by atoms with van der Waals surface area (Å²) in [5.41, 5.74) is 1.46. The van der Waals surface area contributed by atoms with E-state index in [1.54, 1.807) is 0 Å². The number of nitrogens with zero attached hydrogens (tertiary/aromatic N) is 1. The second-order valence-corrected chi connectivity index (χ2v) is 3.49. The van der Waals surface area contributed by atoms with Gasteiger partial charge in [0.15, 0.2) is 0 Å². The van der Waals surface area contributed by atoms with E-state index in [9.17, 15) is 0 Å². The average Bonchev–Trinajstić information content (AvgIpc) is 1.58. The highest BCUT2D eigenvalue weighted by atomic mass is 15.0. The van der Waals surface area contributed by atoms with Crippen LogP contribution in [0.15, 0.2) is 11.6 Å². The second kappa shape index (κ2) is 4.51. The monoisotopic (exact) mass is 141 g/mol. The number of likely N-dealkylation sites (N-methyl/N-ethyl adjacent to an activating group) is 1. The maximum atomic E-state index is 2.31. The molecule has 0 saturated heterocycles. The Morgan fingerprint density at radius 2 is 1.90 bits per heavy atom. The summed E-state index contributed by atoms with van der Waals surface area (Å²) < 4.78 is 0. The molecule has 0 aliphatic rings. The summed E-state index contributed by atoms with van der Waals surface area (Å²) in [5, 5.41) is 0. The first-order chi connectivity index (χ1) is 4.52. The first-order valence-corrected chi connectivity index (χ1v) is 3.84. The lowest BCUT2D eigenvalue weighted by Crippen LogP contribution is -2.14. The fourth-order valence-electron chi connectivity index (χ4n) is 1.12. The molecular weight excluding hydrogens is 122 g/mol. The van der Waals surface area contributed by atoms with Crippen LogP contribution in [0.2, 0.25) is 0 Å². The molecule has 0 aromatic heterocycles. The molecule has 0 radical (unpaired) electrons. The van der Waals surface area contributed by atoms with Gasteiger partial charge in [0.2, 0.25) is 0 Å². The van der Waals surface area contributed by atoms with Gasteiger partial charge in [0, 0.05) is 6.54 Å². The third-order valence-electron chi connectivity index (χ3n) is 1.18. The summed E-state index contributed by atoms with van der Waals surface area (Å²) in [4.78, 5) is 2.19. The van der Waals surface area contributed by atoms with Crippen LogP contribution < -0.4 is 0 Å². The Balaban J connectivity index is 3.71. The zero-order chi connectivity index (χ0) is 8.15. The summed E-state index contributed by atoms with van der Waals surface area (Å²) in [6, 6.07) is 0. The number of allylic oxidation sites excluding steroid dienone is 1. The molecule has 60 valence electrons. The lowest BCUT2D eigenvalue weighted by molar-refractivity contribution is 0.443. The van der Waals surface area contributed by atoms with E-state index in [0.717, 1.165) is 6.54 Å². The van der Waals surface area contributed by atoms with E-state index in [1.165, 1.54) is 5.57 Å². The smallest absolute Gasteiger partial charge is 0.0184 e. The quantitative estimate of drug-likeness (QED) is 0.544. The van der Waals surface area contributed by atoms with Gasteiger partial charge >= 0.3 is 0 Å². The molecule has 0 fully saturated rings. The van der Waals surface area contributed by atoms with Crippen LogP contribution in [-0.2, 0) is 0 Å². The van der Waals surface area contributed by atoms with Crippen LogP contribution >= 0.6 is 0 Å². The molecule has 0 spiro atoms. The topological polar surface area (TPSA) is 3.24 Å². The van der Waals surface area contributed by atoms with Crippen molar-refractivity contribution in [2.24, 2.45) is 5.92 Å². The summed E-state index contributed by atoms with van der Waals surface area (Å²) in [6.45, 7) is 7.68. The Kier molecular flexibility index (Phi) is 4.37. The Hall–Kier alpha value is -0.300. The van der Waals surface area contributed by atoms with E-state index in [2.05, 4.69) is 45.8 Å². The molecule has 0 heterocycles. The van der Waals surface area contributed by atoms with Gasteiger partial charge in [-0.3, -0.25) is 0 Å². The van der Waals surface area contributed by atoms with Crippen molar-refractivity contribution in [1.29, 1.82) is 0 Å². The molecule has 0 bridgehead atoms. The Bertz CT molecular complexity index is 112. The molecule has 0 atom stereocenters. The van der Waals surface area contributed by atoms with Crippen LogP contribution in [-0.4, -0.2) is 25.5 Å². The predicted octanol–water partition coefficient (Wildman–Crippen LogP) is 2.15. The molecule has 0 saturated carbocycles. The molecule has 10 heavy (non-hydrogen) atoms. The minimum atomic E-state index is 0.681. The van der Waals surface area contributed by atoms with E-state index in [0.29, 0.717) is 5.92 Å². The van der Waals surface area contributed by atoms with Crippen LogP contribution in [0.25, 0.3) is 0 Å². The van der Waals surface area contributed by atoms with Gasteiger partial charge in [-0.1, -0.05) is 25.5 Å². The zero-order valence-electron chi connectivity index (χ0n) is 7.81. The molecule has 0 aromatic rings. The molecule has 1 nitrogen and oxygen atoms in total. The van der Waals surface area contributed by atoms with Crippen molar-refractivity contribution in [3.63, 3.8) is 0 Å². The number of rotatable bonds is 3. The minimum Gasteiger partial charge on any atom is -0.305 e. The fourth-order valence-corrected chi connectivity index (χ4v) is 1.12. The fraction of sp³-hybridized carbons (Fsp3) is 0.778. The molecule has 0 N–H and O–H groups in total. The molecule has 0 unspecified atom stereocenters. The first-order valence-electron chi connectivity index (χ1n) is 3.84. The SMILES string of the molecule is CC(=CC(C)C)CN(C)C. The van der Waals surface area contributed by atoms with E-state index < -0.39 is 0 Å². The largest absolute Gasteiger partial charge is 0.305 e. The molecule has 1 heteroatoms. The number of hydrogen-bond donors (Lipinski definition) is 0. The summed E-state index contributed by atoms with van der Waals surface area (Å²) in [5.74, 6) is 0.681. The van der Waals surface area contributed by atoms with E-state index in [-0.39, 0.29) is 0 Å². The van der Waals surface area contributed by atoms with Crippen molar-refractivity contribution in [3.05, 3.63) is 11.6 Å². The van der Waals surface area contributed by atoms with E-state index >= 15 is 0 Å². The van der Waals surface area contributed by atoms with Crippen molar-refractivity contribution >= 4 is 0 Å². The maximum Gasteiger partial charge on any atom is 0.0184 e.